The van der Waals surface area contributed by atoms with E-state index in [0.717, 1.165) is 5.75 Å². The summed E-state index contributed by atoms with van der Waals surface area (Å²) in [7, 11) is 0. The van der Waals surface area contributed by atoms with Crippen molar-refractivity contribution in [2.24, 2.45) is 11.1 Å². The highest BCUT2D eigenvalue weighted by Crippen LogP contribution is 2.13. The third-order valence-corrected chi connectivity index (χ3v) is 2.23. The molecule has 0 saturated carbocycles. The molecular weight excluding hydrogens is 198 g/mol. The van der Waals surface area contributed by atoms with Gasteiger partial charge in [0.05, 0.1) is 6.61 Å². The average molecular weight is 219 g/mol. The average Bonchev–Trinajstić information content (AvgIpc) is 2.09. The summed E-state index contributed by atoms with van der Waals surface area (Å²) in [6.45, 7) is 6.49. The molecule has 0 heterocycles. The van der Waals surface area contributed by atoms with Gasteiger partial charge in [0.25, 0.3) is 0 Å². The molecule has 0 fully saturated rings. The zero-order chi connectivity index (χ0) is 11.2. The molecule has 1 unspecified atom stereocenters. The van der Waals surface area contributed by atoms with Crippen molar-refractivity contribution >= 4 is 17.7 Å². The van der Waals surface area contributed by atoms with Gasteiger partial charge in [0, 0.05) is 0 Å². The fourth-order valence-electron chi connectivity index (χ4n) is 0.757. The number of esters is 1. The van der Waals surface area contributed by atoms with Gasteiger partial charge >= 0.3 is 5.97 Å². The topological polar surface area (TPSA) is 52.3 Å². The standard InChI is InChI=1S/C10H21NO2S/c1-10(2,3)7-13-9(12)8(11)5-6-14-4/h8H,5-7,11H2,1-4H3. The first-order valence-electron chi connectivity index (χ1n) is 4.78. The molecule has 3 nitrogen and oxygen atoms in total. The van der Waals surface area contributed by atoms with Gasteiger partial charge in [0.2, 0.25) is 0 Å². The van der Waals surface area contributed by atoms with Gasteiger partial charge in [-0.1, -0.05) is 20.8 Å². The van der Waals surface area contributed by atoms with E-state index < -0.39 is 6.04 Å². The number of carbonyl (C=O) groups excluding carboxylic acids is 1. The Morgan fingerprint density at radius 3 is 2.50 bits per heavy atom. The summed E-state index contributed by atoms with van der Waals surface area (Å²) in [6.07, 6.45) is 2.68. The highest BCUT2D eigenvalue weighted by Gasteiger charge is 2.18. The number of nitrogens with two attached hydrogens (primary N) is 1. The van der Waals surface area contributed by atoms with E-state index in [1.54, 1.807) is 11.8 Å². The van der Waals surface area contributed by atoms with Crippen LogP contribution in [-0.2, 0) is 9.53 Å². The Morgan fingerprint density at radius 1 is 1.50 bits per heavy atom. The molecule has 0 aromatic heterocycles. The van der Waals surface area contributed by atoms with Crippen LogP contribution in [-0.4, -0.2) is 30.6 Å². The summed E-state index contributed by atoms with van der Waals surface area (Å²) in [4.78, 5) is 11.3. The van der Waals surface area contributed by atoms with Crippen LogP contribution in [0.4, 0.5) is 0 Å². The van der Waals surface area contributed by atoms with E-state index in [-0.39, 0.29) is 11.4 Å². The van der Waals surface area contributed by atoms with Crippen LogP contribution in [0.1, 0.15) is 27.2 Å². The van der Waals surface area contributed by atoms with Crippen molar-refractivity contribution < 1.29 is 9.53 Å². The molecule has 0 aliphatic rings. The molecule has 0 aromatic carbocycles. The molecule has 0 radical (unpaired) electrons. The Kier molecular flexibility index (Phi) is 6.20. The molecule has 14 heavy (non-hydrogen) atoms. The first-order chi connectivity index (χ1) is 6.37. The van der Waals surface area contributed by atoms with Gasteiger partial charge in [0.1, 0.15) is 6.04 Å². The van der Waals surface area contributed by atoms with E-state index >= 15 is 0 Å². The number of ether oxygens (including phenoxy) is 1. The van der Waals surface area contributed by atoms with Crippen molar-refractivity contribution in [1.29, 1.82) is 0 Å². The van der Waals surface area contributed by atoms with Gasteiger partial charge in [-0.15, -0.1) is 0 Å². The fourth-order valence-corrected chi connectivity index (χ4v) is 1.25. The third kappa shape index (κ3) is 7.21. The summed E-state index contributed by atoms with van der Waals surface area (Å²) in [6, 6.07) is -0.468. The predicted octanol–water partition coefficient (Wildman–Crippen LogP) is 1.66. The molecule has 0 aliphatic heterocycles. The molecule has 0 rings (SSSR count). The van der Waals surface area contributed by atoms with Gasteiger partial charge in [-0.3, -0.25) is 4.79 Å². The van der Waals surface area contributed by atoms with Crippen molar-refractivity contribution in [3.63, 3.8) is 0 Å². The smallest absolute Gasteiger partial charge is 0.322 e. The van der Waals surface area contributed by atoms with Gasteiger partial charge in [-0.25, -0.2) is 0 Å². The second-order valence-corrected chi connectivity index (χ2v) is 5.54. The maximum absolute atomic E-state index is 11.3. The van der Waals surface area contributed by atoms with E-state index in [2.05, 4.69) is 0 Å². The third-order valence-electron chi connectivity index (χ3n) is 1.58. The lowest BCUT2D eigenvalue weighted by Gasteiger charge is -2.19. The van der Waals surface area contributed by atoms with E-state index in [4.69, 9.17) is 10.5 Å². The van der Waals surface area contributed by atoms with Crippen molar-refractivity contribution in [3.05, 3.63) is 0 Å². The maximum Gasteiger partial charge on any atom is 0.322 e. The lowest BCUT2D eigenvalue weighted by molar-refractivity contribution is -0.148. The Bertz CT molecular complexity index is 177. The van der Waals surface area contributed by atoms with Crippen LogP contribution in [0.3, 0.4) is 0 Å². The first-order valence-corrected chi connectivity index (χ1v) is 6.17. The van der Waals surface area contributed by atoms with Crippen LogP contribution in [0.15, 0.2) is 0 Å². The van der Waals surface area contributed by atoms with Gasteiger partial charge < -0.3 is 10.5 Å². The fraction of sp³-hybridized carbons (Fsp3) is 0.900. The van der Waals surface area contributed by atoms with E-state index in [1.807, 2.05) is 27.0 Å². The van der Waals surface area contributed by atoms with Crippen LogP contribution in [0.5, 0.6) is 0 Å². The SMILES string of the molecule is CSCCC(N)C(=O)OCC(C)(C)C. The number of rotatable bonds is 5. The van der Waals surface area contributed by atoms with Gasteiger partial charge in [-0.2, -0.15) is 11.8 Å². The Balaban J connectivity index is 3.73. The number of thioether (sulfide) groups is 1. The molecule has 4 heteroatoms. The first kappa shape index (κ1) is 13.8. The van der Waals surface area contributed by atoms with E-state index in [9.17, 15) is 4.79 Å². The minimum absolute atomic E-state index is 0.00882. The quantitative estimate of drug-likeness (QED) is 0.714. The molecule has 0 saturated heterocycles. The zero-order valence-electron chi connectivity index (χ0n) is 9.50. The molecule has 1 atom stereocenters. The normalized spacial score (nSPS) is 13.8. The molecule has 0 spiro atoms. The highest BCUT2D eigenvalue weighted by atomic mass is 32.2. The Hall–Kier alpha value is -0.220. The van der Waals surface area contributed by atoms with Crippen LogP contribution < -0.4 is 5.73 Å². The second kappa shape index (κ2) is 6.30. The Labute approximate surface area is 90.8 Å². The van der Waals surface area contributed by atoms with Crippen molar-refractivity contribution in [1.82, 2.24) is 0 Å². The van der Waals surface area contributed by atoms with Crippen LogP contribution in [0.25, 0.3) is 0 Å². The highest BCUT2D eigenvalue weighted by molar-refractivity contribution is 7.98. The number of hydrogen-bond donors (Lipinski definition) is 1. The van der Waals surface area contributed by atoms with Crippen LogP contribution in [0, 0.1) is 5.41 Å². The lowest BCUT2D eigenvalue weighted by Crippen LogP contribution is -2.34. The van der Waals surface area contributed by atoms with Gasteiger partial charge in [-0.05, 0) is 23.8 Å². The molecule has 0 aliphatic carbocycles. The summed E-state index contributed by atoms with van der Waals surface area (Å²) in [5.74, 6) is 0.611. The summed E-state index contributed by atoms with van der Waals surface area (Å²) >= 11 is 1.68. The molecule has 84 valence electrons. The number of carbonyl (C=O) groups is 1. The van der Waals surface area contributed by atoms with Crippen molar-refractivity contribution in [2.45, 2.75) is 33.2 Å². The molecule has 0 amide bonds. The van der Waals surface area contributed by atoms with E-state index in [1.165, 1.54) is 0 Å². The monoisotopic (exact) mass is 219 g/mol. The lowest BCUT2D eigenvalue weighted by atomic mass is 9.99. The minimum atomic E-state index is -0.468. The predicted molar refractivity (Wildman–Crippen MR) is 61.4 cm³/mol. The molecular formula is C10H21NO2S. The zero-order valence-corrected chi connectivity index (χ0v) is 10.3. The molecule has 0 aromatic rings. The maximum atomic E-state index is 11.3. The summed E-state index contributed by atoms with van der Waals surface area (Å²) in [5, 5.41) is 0. The Morgan fingerprint density at radius 2 is 2.07 bits per heavy atom. The molecule has 2 N–H and O–H groups in total. The minimum Gasteiger partial charge on any atom is -0.464 e. The van der Waals surface area contributed by atoms with Gasteiger partial charge in [0.15, 0.2) is 0 Å². The summed E-state index contributed by atoms with van der Waals surface area (Å²) < 4.78 is 5.09. The molecule has 0 bridgehead atoms. The van der Waals surface area contributed by atoms with Crippen molar-refractivity contribution in [2.75, 3.05) is 18.6 Å². The second-order valence-electron chi connectivity index (χ2n) is 4.56. The number of hydrogen-bond acceptors (Lipinski definition) is 4. The van der Waals surface area contributed by atoms with Crippen LogP contribution in [0.2, 0.25) is 0 Å². The van der Waals surface area contributed by atoms with E-state index in [0.29, 0.717) is 13.0 Å². The van der Waals surface area contributed by atoms with Crippen LogP contribution >= 0.6 is 11.8 Å². The largest absolute Gasteiger partial charge is 0.464 e. The van der Waals surface area contributed by atoms with Crippen molar-refractivity contribution in [3.8, 4) is 0 Å². The summed E-state index contributed by atoms with van der Waals surface area (Å²) in [5.41, 5.74) is 5.65.